The molecule has 1 fully saturated rings. The highest BCUT2D eigenvalue weighted by atomic mass is 32.2. The average Bonchev–Trinajstić information content (AvgIpc) is 2.30. The Morgan fingerprint density at radius 1 is 1.50 bits per heavy atom. The third-order valence-electron chi connectivity index (χ3n) is 2.88. The van der Waals surface area contributed by atoms with Crippen LogP contribution in [-0.4, -0.2) is 31.9 Å². The van der Waals surface area contributed by atoms with Gasteiger partial charge in [-0.25, -0.2) is 13.1 Å². The SMILES string of the molecule is CC1OCCC1(C)NS(=O)(=O)C(C)C. The first-order valence-electron chi connectivity index (χ1n) is 4.92. The van der Waals surface area contributed by atoms with E-state index in [0.29, 0.717) is 6.61 Å². The summed E-state index contributed by atoms with van der Waals surface area (Å²) in [6.45, 7) is 7.76. The number of ether oxygens (including phenoxy) is 1. The van der Waals surface area contributed by atoms with Crippen molar-refractivity contribution in [1.82, 2.24) is 4.72 Å². The van der Waals surface area contributed by atoms with E-state index in [-0.39, 0.29) is 6.10 Å². The number of sulfonamides is 1. The van der Waals surface area contributed by atoms with Crippen LogP contribution >= 0.6 is 0 Å². The van der Waals surface area contributed by atoms with Crippen LogP contribution in [0.5, 0.6) is 0 Å². The van der Waals surface area contributed by atoms with Crippen molar-refractivity contribution >= 4 is 10.0 Å². The van der Waals surface area contributed by atoms with E-state index in [9.17, 15) is 8.42 Å². The number of hydrogen-bond acceptors (Lipinski definition) is 3. The monoisotopic (exact) mass is 221 g/mol. The molecular formula is C9H19NO3S. The molecule has 1 aliphatic heterocycles. The zero-order valence-corrected chi connectivity index (χ0v) is 10.0. The Kier molecular flexibility index (Phi) is 3.23. The fraction of sp³-hybridized carbons (Fsp3) is 1.00. The highest BCUT2D eigenvalue weighted by Gasteiger charge is 2.40. The molecule has 5 heteroatoms. The average molecular weight is 221 g/mol. The van der Waals surface area contributed by atoms with Crippen LogP contribution in [0.4, 0.5) is 0 Å². The van der Waals surface area contributed by atoms with Crippen LogP contribution in [0.2, 0.25) is 0 Å². The Morgan fingerprint density at radius 2 is 2.07 bits per heavy atom. The van der Waals surface area contributed by atoms with Crippen LogP contribution in [0.25, 0.3) is 0 Å². The van der Waals surface area contributed by atoms with Gasteiger partial charge < -0.3 is 4.74 Å². The molecular weight excluding hydrogens is 202 g/mol. The maximum absolute atomic E-state index is 11.7. The fourth-order valence-electron chi connectivity index (χ4n) is 1.41. The molecule has 0 aliphatic carbocycles. The summed E-state index contributed by atoms with van der Waals surface area (Å²) >= 11 is 0. The zero-order valence-electron chi connectivity index (χ0n) is 9.20. The maximum Gasteiger partial charge on any atom is 0.214 e. The van der Waals surface area contributed by atoms with E-state index in [1.54, 1.807) is 13.8 Å². The molecule has 0 saturated carbocycles. The standard InChI is InChI=1S/C9H19NO3S/c1-7(2)14(11,12)10-9(4)5-6-13-8(9)3/h7-8,10H,5-6H2,1-4H3. The lowest BCUT2D eigenvalue weighted by molar-refractivity contribution is 0.0957. The minimum absolute atomic E-state index is 0.0592. The second kappa shape index (κ2) is 3.79. The van der Waals surface area contributed by atoms with Gasteiger partial charge in [0.15, 0.2) is 0 Å². The van der Waals surface area contributed by atoms with E-state index in [1.807, 2.05) is 13.8 Å². The summed E-state index contributed by atoms with van der Waals surface area (Å²) in [5.41, 5.74) is -0.441. The molecule has 2 atom stereocenters. The molecule has 0 aromatic carbocycles. The van der Waals surface area contributed by atoms with Gasteiger partial charge >= 0.3 is 0 Å². The van der Waals surface area contributed by atoms with E-state index in [2.05, 4.69) is 4.72 Å². The van der Waals surface area contributed by atoms with Gasteiger partial charge in [0.25, 0.3) is 0 Å². The van der Waals surface area contributed by atoms with Gasteiger partial charge in [0.05, 0.1) is 16.9 Å². The van der Waals surface area contributed by atoms with E-state index in [4.69, 9.17) is 4.74 Å². The quantitative estimate of drug-likeness (QED) is 0.769. The van der Waals surface area contributed by atoms with Crippen molar-refractivity contribution in [3.8, 4) is 0 Å². The highest BCUT2D eigenvalue weighted by molar-refractivity contribution is 7.90. The second-order valence-corrected chi connectivity index (χ2v) is 6.61. The van der Waals surface area contributed by atoms with Crippen LogP contribution in [0.15, 0.2) is 0 Å². The Bertz CT molecular complexity index is 299. The molecule has 1 heterocycles. The smallest absolute Gasteiger partial charge is 0.214 e. The maximum atomic E-state index is 11.7. The first-order valence-corrected chi connectivity index (χ1v) is 6.47. The van der Waals surface area contributed by atoms with Crippen LogP contribution in [0.1, 0.15) is 34.1 Å². The molecule has 0 aromatic rings. The van der Waals surface area contributed by atoms with Gasteiger partial charge in [-0.2, -0.15) is 0 Å². The first kappa shape index (κ1) is 11.9. The van der Waals surface area contributed by atoms with Crippen molar-refractivity contribution in [1.29, 1.82) is 0 Å². The topological polar surface area (TPSA) is 55.4 Å². The molecule has 84 valence electrons. The number of rotatable bonds is 3. The molecule has 1 saturated heterocycles. The first-order chi connectivity index (χ1) is 6.28. The Morgan fingerprint density at radius 3 is 2.43 bits per heavy atom. The van der Waals surface area contributed by atoms with Gasteiger partial charge in [-0.1, -0.05) is 0 Å². The zero-order chi connectivity index (χ0) is 11.0. The third-order valence-corrected chi connectivity index (χ3v) is 4.87. The van der Waals surface area contributed by atoms with Gasteiger partial charge in [-0.3, -0.25) is 0 Å². The summed E-state index contributed by atoms with van der Waals surface area (Å²) in [4.78, 5) is 0. The lowest BCUT2D eigenvalue weighted by Crippen LogP contribution is -2.52. The van der Waals surface area contributed by atoms with E-state index in [1.165, 1.54) is 0 Å². The van der Waals surface area contributed by atoms with Gasteiger partial charge in [0.2, 0.25) is 10.0 Å². The molecule has 4 nitrogen and oxygen atoms in total. The molecule has 2 unspecified atom stereocenters. The predicted octanol–water partition coefficient (Wildman–Crippen LogP) is 0.882. The van der Waals surface area contributed by atoms with Crippen molar-refractivity contribution in [2.24, 2.45) is 0 Å². The van der Waals surface area contributed by atoms with E-state index in [0.717, 1.165) is 6.42 Å². The van der Waals surface area contributed by atoms with Crippen molar-refractivity contribution in [3.05, 3.63) is 0 Å². The van der Waals surface area contributed by atoms with Crippen LogP contribution in [0, 0.1) is 0 Å². The van der Waals surface area contributed by atoms with Crippen molar-refractivity contribution in [2.75, 3.05) is 6.61 Å². The molecule has 0 bridgehead atoms. The van der Waals surface area contributed by atoms with Crippen LogP contribution in [0.3, 0.4) is 0 Å². The summed E-state index contributed by atoms with van der Waals surface area (Å²) in [7, 11) is -3.20. The third kappa shape index (κ3) is 2.27. The minimum Gasteiger partial charge on any atom is -0.376 e. The summed E-state index contributed by atoms with van der Waals surface area (Å²) in [6, 6.07) is 0. The molecule has 0 aromatic heterocycles. The fourth-order valence-corrected chi connectivity index (χ4v) is 2.57. The molecule has 0 spiro atoms. The summed E-state index contributed by atoms with van der Waals surface area (Å²) < 4.78 is 31.4. The Labute approximate surface area is 86.1 Å². The Hall–Kier alpha value is -0.130. The Balaban J connectivity index is 2.78. The lowest BCUT2D eigenvalue weighted by Gasteiger charge is -2.29. The summed E-state index contributed by atoms with van der Waals surface area (Å²) in [6.07, 6.45) is 0.677. The van der Waals surface area contributed by atoms with Crippen molar-refractivity contribution in [3.63, 3.8) is 0 Å². The molecule has 0 amide bonds. The largest absolute Gasteiger partial charge is 0.376 e. The molecule has 1 rings (SSSR count). The van der Waals surface area contributed by atoms with E-state index >= 15 is 0 Å². The van der Waals surface area contributed by atoms with Gasteiger partial charge in [-0.15, -0.1) is 0 Å². The van der Waals surface area contributed by atoms with Gasteiger partial charge in [0, 0.05) is 6.61 Å². The van der Waals surface area contributed by atoms with Crippen LogP contribution in [-0.2, 0) is 14.8 Å². The van der Waals surface area contributed by atoms with Crippen molar-refractivity contribution in [2.45, 2.75) is 51.0 Å². The number of nitrogens with one attached hydrogen (secondary N) is 1. The second-order valence-electron chi connectivity index (χ2n) is 4.38. The molecule has 14 heavy (non-hydrogen) atoms. The summed E-state index contributed by atoms with van der Waals surface area (Å²) in [5, 5.41) is -0.396. The lowest BCUT2D eigenvalue weighted by atomic mass is 9.97. The molecule has 1 aliphatic rings. The minimum atomic E-state index is -3.20. The number of hydrogen-bond donors (Lipinski definition) is 1. The summed E-state index contributed by atoms with van der Waals surface area (Å²) in [5.74, 6) is 0. The highest BCUT2D eigenvalue weighted by Crippen LogP contribution is 2.26. The molecule has 0 radical (unpaired) electrons. The van der Waals surface area contributed by atoms with Gasteiger partial charge in [0.1, 0.15) is 0 Å². The van der Waals surface area contributed by atoms with E-state index < -0.39 is 20.8 Å². The normalized spacial score (nSPS) is 33.9. The molecule has 1 N–H and O–H groups in total. The van der Waals surface area contributed by atoms with Crippen LogP contribution < -0.4 is 4.72 Å². The predicted molar refractivity (Wildman–Crippen MR) is 55.6 cm³/mol. The van der Waals surface area contributed by atoms with Gasteiger partial charge in [-0.05, 0) is 34.1 Å². The van der Waals surface area contributed by atoms with Crippen molar-refractivity contribution < 1.29 is 13.2 Å².